The Balaban J connectivity index is 1.79. The number of likely N-dealkylation sites (tertiary alicyclic amines) is 1. The average molecular weight is 412 g/mol. The largest absolute Gasteiger partial charge is 0.385 e. The molecule has 1 saturated heterocycles. The molecule has 1 aromatic carbocycles. The lowest BCUT2D eigenvalue weighted by Crippen LogP contribution is -2.49. The number of benzene rings is 1. The zero-order valence-corrected chi connectivity index (χ0v) is 16.2. The van der Waals surface area contributed by atoms with Crippen molar-refractivity contribution >= 4 is 27.9 Å². The van der Waals surface area contributed by atoms with Crippen molar-refractivity contribution in [2.75, 3.05) is 26.8 Å². The highest BCUT2D eigenvalue weighted by atomic mass is 79.9. The maximum Gasteiger partial charge on any atom is 0.318 e. The number of hydrogen-bond donors (Lipinski definition) is 2. The van der Waals surface area contributed by atoms with Crippen LogP contribution in [0.1, 0.15) is 31.2 Å². The molecule has 3 amide bonds. The Bertz CT molecular complexity index is 582. The lowest BCUT2D eigenvalue weighted by molar-refractivity contribution is -0.124. The topological polar surface area (TPSA) is 70.7 Å². The molecule has 2 N–H and O–H groups in total. The Hall–Kier alpha value is -1.60. The highest BCUT2D eigenvalue weighted by Gasteiger charge is 2.33. The van der Waals surface area contributed by atoms with E-state index in [2.05, 4.69) is 26.6 Å². The van der Waals surface area contributed by atoms with Crippen molar-refractivity contribution in [3.8, 4) is 0 Å². The number of nitrogens with one attached hydrogen (secondary N) is 2. The van der Waals surface area contributed by atoms with Crippen LogP contribution in [-0.4, -0.2) is 49.7 Å². The second-order valence-electron chi connectivity index (χ2n) is 6.13. The molecule has 0 aromatic heterocycles. The fourth-order valence-corrected chi connectivity index (χ4v) is 3.36. The number of methoxy groups -OCH3 is 1. The standard InChI is InChI=1S/C18H26BrN3O3/c1-25-11-3-2-9-20-17(23)16-8-5-10-22(16)18(24)21-13-14-6-4-7-15(19)12-14/h4,6-7,12,16H,2-3,5,8-11,13H2,1H3,(H,20,23)(H,21,24)/t16-/m0/s1. The fourth-order valence-electron chi connectivity index (χ4n) is 2.91. The second kappa shape index (κ2) is 10.4. The van der Waals surface area contributed by atoms with E-state index in [1.54, 1.807) is 12.0 Å². The van der Waals surface area contributed by atoms with Crippen molar-refractivity contribution in [2.24, 2.45) is 0 Å². The molecule has 0 saturated carbocycles. The van der Waals surface area contributed by atoms with Crippen LogP contribution in [0.5, 0.6) is 0 Å². The Morgan fingerprint density at radius 3 is 2.92 bits per heavy atom. The van der Waals surface area contributed by atoms with Crippen molar-refractivity contribution < 1.29 is 14.3 Å². The van der Waals surface area contributed by atoms with Gasteiger partial charge in [-0.05, 0) is 43.4 Å². The van der Waals surface area contributed by atoms with E-state index in [1.807, 2.05) is 24.3 Å². The van der Waals surface area contributed by atoms with E-state index in [-0.39, 0.29) is 18.0 Å². The number of ether oxygens (including phenoxy) is 1. The minimum absolute atomic E-state index is 0.0625. The maximum absolute atomic E-state index is 12.4. The smallest absolute Gasteiger partial charge is 0.318 e. The number of nitrogens with zero attached hydrogens (tertiary/aromatic N) is 1. The molecule has 1 aromatic rings. The first kappa shape index (κ1) is 19.7. The molecule has 0 unspecified atom stereocenters. The minimum Gasteiger partial charge on any atom is -0.385 e. The molecule has 0 bridgehead atoms. The third kappa shape index (κ3) is 6.32. The Labute approximate surface area is 157 Å². The van der Waals surface area contributed by atoms with Crippen LogP contribution in [0, 0.1) is 0 Å². The predicted octanol–water partition coefficient (Wildman–Crippen LogP) is 2.67. The number of urea groups is 1. The number of halogens is 1. The number of carbonyl (C=O) groups is 2. The number of unbranched alkanes of at least 4 members (excludes halogenated alkanes) is 1. The van der Waals surface area contributed by atoms with Gasteiger partial charge in [-0.25, -0.2) is 4.79 Å². The van der Waals surface area contributed by atoms with E-state index in [4.69, 9.17) is 4.74 Å². The minimum atomic E-state index is -0.370. The van der Waals surface area contributed by atoms with Crippen LogP contribution in [0.4, 0.5) is 4.79 Å². The Morgan fingerprint density at radius 1 is 1.32 bits per heavy atom. The van der Waals surface area contributed by atoms with Gasteiger partial charge in [0, 0.05) is 37.8 Å². The first-order valence-electron chi connectivity index (χ1n) is 8.67. The summed E-state index contributed by atoms with van der Waals surface area (Å²) in [7, 11) is 1.67. The van der Waals surface area contributed by atoms with Crippen LogP contribution in [0.2, 0.25) is 0 Å². The average Bonchev–Trinajstić information content (AvgIpc) is 3.09. The van der Waals surface area contributed by atoms with Crippen molar-refractivity contribution in [3.63, 3.8) is 0 Å². The van der Waals surface area contributed by atoms with Gasteiger partial charge in [0.15, 0.2) is 0 Å². The highest BCUT2D eigenvalue weighted by molar-refractivity contribution is 9.10. The third-order valence-corrected chi connectivity index (χ3v) is 4.72. The zero-order valence-electron chi connectivity index (χ0n) is 14.6. The van der Waals surface area contributed by atoms with E-state index in [0.29, 0.717) is 32.7 Å². The molecule has 6 nitrogen and oxygen atoms in total. The van der Waals surface area contributed by atoms with Gasteiger partial charge >= 0.3 is 6.03 Å². The van der Waals surface area contributed by atoms with E-state index >= 15 is 0 Å². The normalized spacial score (nSPS) is 16.7. The lowest BCUT2D eigenvalue weighted by atomic mass is 10.2. The summed E-state index contributed by atoms with van der Waals surface area (Å²) < 4.78 is 5.97. The van der Waals surface area contributed by atoms with E-state index < -0.39 is 0 Å². The van der Waals surface area contributed by atoms with Gasteiger partial charge in [-0.2, -0.15) is 0 Å². The summed E-state index contributed by atoms with van der Waals surface area (Å²) in [4.78, 5) is 26.4. The maximum atomic E-state index is 12.4. The summed E-state index contributed by atoms with van der Waals surface area (Å²) in [6, 6.07) is 7.25. The van der Waals surface area contributed by atoms with Gasteiger partial charge in [0.2, 0.25) is 5.91 Å². The van der Waals surface area contributed by atoms with Crippen molar-refractivity contribution in [1.29, 1.82) is 0 Å². The van der Waals surface area contributed by atoms with Crippen molar-refractivity contribution in [1.82, 2.24) is 15.5 Å². The predicted molar refractivity (Wildman–Crippen MR) is 100 cm³/mol. The van der Waals surface area contributed by atoms with Gasteiger partial charge in [0.1, 0.15) is 6.04 Å². The number of rotatable bonds is 8. The monoisotopic (exact) mass is 411 g/mol. The molecular weight excluding hydrogens is 386 g/mol. The molecule has 1 aliphatic rings. The van der Waals surface area contributed by atoms with Gasteiger partial charge in [-0.3, -0.25) is 4.79 Å². The highest BCUT2D eigenvalue weighted by Crippen LogP contribution is 2.18. The van der Waals surface area contributed by atoms with Crippen LogP contribution >= 0.6 is 15.9 Å². The first-order chi connectivity index (χ1) is 12.1. The van der Waals surface area contributed by atoms with Crippen LogP contribution in [-0.2, 0) is 16.1 Å². The SMILES string of the molecule is COCCCCNC(=O)[C@@H]1CCCN1C(=O)NCc1cccc(Br)c1. The van der Waals surface area contributed by atoms with Crippen LogP contribution in [0.3, 0.4) is 0 Å². The third-order valence-electron chi connectivity index (χ3n) is 4.22. The Morgan fingerprint density at radius 2 is 2.16 bits per heavy atom. The number of amides is 3. The molecule has 138 valence electrons. The van der Waals surface area contributed by atoms with Crippen LogP contribution in [0.25, 0.3) is 0 Å². The molecule has 2 rings (SSSR count). The van der Waals surface area contributed by atoms with Crippen molar-refractivity contribution in [3.05, 3.63) is 34.3 Å². The van der Waals surface area contributed by atoms with Gasteiger partial charge in [0.05, 0.1) is 0 Å². The van der Waals surface area contributed by atoms with Gasteiger partial charge < -0.3 is 20.3 Å². The molecule has 0 aliphatic carbocycles. The zero-order chi connectivity index (χ0) is 18.1. The van der Waals surface area contributed by atoms with Gasteiger partial charge in [-0.1, -0.05) is 28.1 Å². The van der Waals surface area contributed by atoms with E-state index in [1.165, 1.54) is 0 Å². The molecular formula is C18H26BrN3O3. The molecule has 0 spiro atoms. The van der Waals surface area contributed by atoms with Crippen LogP contribution < -0.4 is 10.6 Å². The molecule has 25 heavy (non-hydrogen) atoms. The summed E-state index contributed by atoms with van der Waals surface area (Å²) in [5.74, 6) is -0.0625. The van der Waals surface area contributed by atoms with Gasteiger partial charge in [-0.15, -0.1) is 0 Å². The van der Waals surface area contributed by atoms with E-state index in [0.717, 1.165) is 29.3 Å². The molecule has 1 aliphatic heterocycles. The molecule has 0 radical (unpaired) electrons. The molecule has 1 atom stereocenters. The van der Waals surface area contributed by atoms with Gasteiger partial charge in [0.25, 0.3) is 0 Å². The van der Waals surface area contributed by atoms with E-state index in [9.17, 15) is 9.59 Å². The number of hydrogen-bond acceptors (Lipinski definition) is 3. The van der Waals surface area contributed by atoms with Crippen LogP contribution in [0.15, 0.2) is 28.7 Å². The summed E-state index contributed by atoms with van der Waals surface area (Å²) in [6.45, 7) is 2.38. The Kier molecular flexibility index (Phi) is 8.21. The first-order valence-corrected chi connectivity index (χ1v) is 9.46. The number of carbonyl (C=O) groups excluding carboxylic acids is 2. The summed E-state index contributed by atoms with van der Waals surface area (Å²) in [5.41, 5.74) is 1.01. The summed E-state index contributed by atoms with van der Waals surface area (Å²) in [6.07, 6.45) is 3.36. The molecule has 1 fully saturated rings. The molecule has 1 heterocycles. The summed E-state index contributed by atoms with van der Waals surface area (Å²) >= 11 is 3.42. The van der Waals surface area contributed by atoms with Crippen molar-refractivity contribution in [2.45, 2.75) is 38.3 Å². The lowest BCUT2D eigenvalue weighted by Gasteiger charge is -2.24. The quantitative estimate of drug-likeness (QED) is 0.645. The summed E-state index contributed by atoms with van der Waals surface area (Å²) in [5, 5.41) is 5.83. The second-order valence-corrected chi connectivity index (χ2v) is 7.05. The molecule has 7 heteroatoms. The fraction of sp³-hybridized carbons (Fsp3) is 0.556.